The van der Waals surface area contributed by atoms with Crippen LogP contribution >= 0.6 is 11.6 Å². The number of hydrogen-bond donors (Lipinski definition) is 2. The molecule has 0 saturated heterocycles. The Morgan fingerprint density at radius 1 is 1.06 bits per heavy atom. The number of carbonyl (C=O) groups is 1. The number of pyridine rings is 2. The zero-order valence-electron chi connectivity index (χ0n) is 18.2. The summed E-state index contributed by atoms with van der Waals surface area (Å²) in [4.78, 5) is 21.4. The number of nitriles is 2. The van der Waals surface area contributed by atoms with Gasteiger partial charge in [-0.15, -0.1) is 0 Å². The Hall–Kier alpha value is -4.79. The van der Waals surface area contributed by atoms with Crippen LogP contribution in [-0.2, 0) is 13.0 Å². The highest BCUT2D eigenvalue weighted by Crippen LogP contribution is 2.22. The quantitative estimate of drug-likeness (QED) is 0.385. The molecule has 0 fully saturated rings. The first-order valence-corrected chi connectivity index (χ1v) is 11.0. The summed E-state index contributed by atoms with van der Waals surface area (Å²) in [6, 6.07) is 18.3. The Balaban J connectivity index is 1.35. The van der Waals surface area contributed by atoms with E-state index in [2.05, 4.69) is 37.6 Å². The largest absolute Gasteiger partial charge is 0.346 e. The van der Waals surface area contributed by atoms with Gasteiger partial charge in [0.2, 0.25) is 0 Å². The fourth-order valence-electron chi connectivity index (χ4n) is 3.93. The van der Waals surface area contributed by atoms with Crippen molar-refractivity contribution in [1.82, 2.24) is 25.5 Å². The van der Waals surface area contributed by atoms with Gasteiger partial charge in [-0.1, -0.05) is 11.6 Å². The number of carbonyl (C=O) groups excluding carboxylic acids is 1. The molecule has 168 valence electrons. The molecule has 2 aromatic carbocycles. The number of amides is 1. The maximum atomic E-state index is 12.8. The van der Waals surface area contributed by atoms with E-state index in [4.69, 9.17) is 16.9 Å². The number of halogens is 1. The van der Waals surface area contributed by atoms with Crippen LogP contribution in [0.3, 0.4) is 0 Å². The van der Waals surface area contributed by atoms with Crippen molar-refractivity contribution >= 4 is 39.3 Å². The van der Waals surface area contributed by atoms with Crippen molar-refractivity contribution in [3.8, 4) is 12.1 Å². The molecule has 5 aromatic rings. The average Bonchev–Trinajstić information content (AvgIpc) is 3.28. The predicted octanol–water partition coefficient (Wildman–Crippen LogP) is 4.42. The Bertz CT molecular complexity index is 1690. The van der Waals surface area contributed by atoms with E-state index in [-0.39, 0.29) is 12.5 Å². The summed E-state index contributed by atoms with van der Waals surface area (Å²) in [5.74, 6) is -0.252. The third kappa shape index (κ3) is 4.51. The molecule has 0 atom stereocenters. The molecule has 0 aliphatic rings. The fourth-order valence-corrected chi connectivity index (χ4v) is 4.10. The molecule has 0 aliphatic carbocycles. The number of rotatable bonds is 5. The van der Waals surface area contributed by atoms with Crippen LogP contribution < -0.4 is 5.32 Å². The Morgan fingerprint density at radius 2 is 1.94 bits per heavy atom. The zero-order valence-corrected chi connectivity index (χ0v) is 19.0. The minimum absolute atomic E-state index is 0.252. The highest BCUT2D eigenvalue weighted by molar-refractivity contribution is 6.31. The van der Waals surface area contributed by atoms with Gasteiger partial charge in [-0.2, -0.15) is 15.6 Å². The standard InChI is InChI=1S/C26H16ClN7O/c27-20-1-2-23-22(10-20)24(34-33-23)14-32-26(35)17-3-4-30-21(9-17)8-15-5-18-7-16(11-28)13-31-25(18)19(6-15)12-29/h1-7,9-10,13H,8,14H2,(H,32,35)(H,33,34). The van der Waals surface area contributed by atoms with Crippen molar-refractivity contribution in [2.75, 3.05) is 0 Å². The molecule has 0 unspecified atom stereocenters. The molecule has 0 radical (unpaired) electrons. The van der Waals surface area contributed by atoms with Crippen molar-refractivity contribution in [2.45, 2.75) is 13.0 Å². The lowest BCUT2D eigenvalue weighted by molar-refractivity contribution is 0.0950. The van der Waals surface area contributed by atoms with Gasteiger partial charge in [-0.25, -0.2) is 0 Å². The fraction of sp³-hybridized carbons (Fsp3) is 0.0769. The SMILES string of the molecule is N#Cc1cnc2c(C#N)cc(Cc3cc(C(=O)NCc4[nH]nc5ccc(Cl)cc45)ccn3)cc2c1. The first-order valence-electron chi connectivity index (χ1n) is 10.6. The summed E-state index contributed by atoms with van der Waals surface area (Å²) in [5, 5.41) is 30.9. The maximum absolute atomic E-state index is 12.8. The van der Waals surface area contributed by atoms with E-state index in [9.17, 15) is 10.1 Å². The van der Waals surface area contributed by atoms with E-state index >= 15 is 0 Å². The number of aromatic nitrogens is 4. The molecule has 3 aromatic heterocycles. The zero-order chi connectivity index (χ0) is 24.4. The molecule has 3 heterocycles. The number of aromatic amines is 1. The summed E-state index contributed by atoms with van der Waals surface area (Å²) >= 11 is 6.08. The van der Waals surface area contributed by atoms with Gasteiger partial charge < -0.3 is 5.32 Å². The van der Waals surface area contributed by atoms with Crippen molar-refractivity contribution in [1.29, 1.82) is 10.5 Å². The van der Waals surface area contributed by atoms with Crippen molar-refractivity contribution in [3.05, 3.63) is 99.6 Å². The summed E-state index contributed by atoms with van der Waals surface area (Å²) in [6.45, 7) is 0.262. The smallest absolute Gasteiger partial charge is 0.251 e. The van der Waals surface area contributed by atoms with Crippen molar-refractivity contribution < 1.29 is 4.79 Å². The van der Waals surface area contributed by atoms with Gasteiger partial charge in [0.1, 0.15) is 12.1 Å². The first-order chi connectivity index (χ1) is 17.0. The van der Waals surface area contributed by atoms with Crippen molar-refractivity contribution in [2.24, 2.45) is 0 Å². The van der Waals surface area contributed by atoms with Crippen LogP contribution in [0, 0.1) is 22.7 Å². The molecule has 1 amide bonds. The third-order valence-electron chi connectivity index (χ3n) is 5.58. The lowest BCUT2D eigenvalue weighted by Gasteiger charge is -2.08. The topological polar surface area (TPSA) is 131 Å². The molecule has 5 rings (SSSR count). The van der Waals surface area contributed by atoms with Crippen LogP contribution in [0.2, 0.25) is 5.02 Å². The van der Waals surface area contributed by atoms with Crippen LogP contribution in [-0.4, -0.2) is 26.1 Å². The summed E-state index contributed by atoms with van der Waals surface area (Å²) in [6.07, 6.45) is 3.44. The van der Waals surface area contributed by atoms with Crippen LogP contribution in [0.5, 0.6) is 0 Å². The van der Waals surface area contributed by atoms with Gasteiger partial charge >= 0.3 is 0 Å². The highest BCUT2D eigenvalue weighted by Gasteiger charge is 2.12. The number of hydrogen-bond acceptors (Lipinski definition) is 6. The molecular formula is C26H16ClN7O. The third-order valence-corrected chi connectivity index (χ3v) is 5.81. The number of nitrogens with zero attached hydrogens (tertiary/aromatic N) is 5. The van der Waals surface area contributed by atoms with E-state index in [1.54, 1.807) is 42.6 Å². The van der Waals surface area contributed by atoms with E-state index in [1.807, 2.05) is 12.1 Å². The van der Waals surface area contributed by atoms with Gasteiger partial charge in [0.05, 0.1) is 34.4 Å². The van der Waals surface area contributed by atoms with E-state index in [0.717, 1.165) is 22.2 Å². The highest BCUT2D eigenvalue weighted by atomic mass is 35.5. The van der Waals surface area contributed by atoms with Crippen LogP contribution in [0.1, 0.15) is 38.4 Å². The normalized spacial score (nSPS) is 10.7. The second-order valence-corrected chi connectivity index (χ2v) is 8.36. The van der Waals surface area contributed by atoms with Gasteiger partial charge in [0, 0.05) is 45.9 Å². The second-order valence-electron chi connectivity index (χ2n) is 7.92. The van der Waals surface area contributed by atoms with E-state index in [0.29, 0.717) is 44.7 Å². The average molecular weight is 478 g/mol. The van der Waals surface area contributed by atoms with Crippen LogP contribution in [0.4, 0.5) is 0 Å². The van der Waals surface area contributed by atoms with Gasteiger partial charge in [0.25, 0.3) is 5.91 Å². The lowest BCUT2D eigenvalue weighted by Crippen LogP contribution is -2.23. The summed E-state index contributed by atoms with van der Waals surface area (Å²) in [5.41, 5.74) is 4.88. The molecule has 0 bridgehead atoms. The maximum Gasteiger partial charge on any atom is 0.251 e. The molecular weight excluding hydrogens is 462 g/mol. The monoisotopic (exact) mass is 477 g/mol. The molecule has 2 N–H and O–H groups in total. The molecule has 0 aliphatic heterocycles. The minimum Gasteiger partial charge on any atom is -0.346 e. The first kappa shape index (κ1) is 22.0. The Kier molecular flexibility index (Phi) is 5.80. The van der Waals surface area contributed by atoms with Crippen molar-refractivity contribution in [3.63, 3.8) is 0 Å². The Morgan fingerprint density at radius 3 is 2.77 bits per heavy atom. The number of fused-ring (bicyclic) bond motifs is 2. The lowest BCUT2D eigenvalue weighted by atomic mass is 10.0. The molecule has 9 heteroatoms. The van der Waals surface area contributed by atoms with Crippen LogP contribution in [0.15, 0.2) is 60.9 Å². The minimum atomic E-state index is -0.252. The second kappa shape index (κ2) is 9.22. The number of nitrogens with one attached hydrogen (secondary N) is 2. The Labute approximate surface area is 204 Å². The molecule has 8 nitrogen and oxygen atoms in total. The number of benzene rings is 2. The van der Waals surface area contributed by atoms with Gasteiger partial charge in [-0.05, 0) is 54.1 Å². The van der Waals surface area contributed by atoms with Gasteiger partial charge in [0.15, 0.2) is 0 Å². The van der Waals surface area contributed by atoms with E-state index < -0.39 is 0 Å². The molecule has 0 saturated carbocycles. The summed E-state index contributed by atoms with van der Waals surface area (Å²) < 4.78 is 0. The molecule has 0 spiro atoms. The van der Waals surface area contributed by atoms with Gasteiger partial charge in [-0.3, -0.25) is 19.9 Å². The van der Waals surface area contributed by atoms with Crippen LogP contribution in [0.25, 0.3) is 21.8 Å². The van der Waals surface area contributed by atoms with E-state index in [1.165, 1.54) is 6.20 Å². The predicted molar refractivity (Wildman–Crippen MR) is 130 cm³/mol. The molecule has 35 heavy (non-hydrogen) atoms. The summed E-state index contributed by atoms with van der Waals surface area (Å²) in [7, 11) is 0. The number of H-pyrrole nitrogens is 1.